The van der Waals surface area contributed by atoms with E-state index in [1.807, 2.05) is 6.07 Å². The van der Waals surface area contributed by atoms with Crippen LogP contribution in [0.15, 0.2) is 231 Å². The van der Waals surface area contributed by atoms with Crippen LogP contribution in [0.3, 0.4) is 0 Å². The van der Waals surface area contributed by atoms with Crippen molar-refractivity contribution < 1.29 is 0 Å². The van der Waals surface area contributed by atoms with E-state index in [2.05, 4.69) is 224 Å². The fraction of sp³-hybridized carbons (Fsp3) is 0.0169. The van der Waals surface area contributed by atoms with Gasteiger partial charge >= 0.3 is 0 Å². The third kappa shape index (κ3) is 5.57. The quantitative estimate of drug-likeness (QED) is 0.157. The number of hydrogen-bond acceptors (Lipinski definition) is 2. The van der Waals surface area contributed by atoms with E-state index in [4.69, 9.17) is 9.97 Å². The molecule has 2 heteroatoms. The van der Waals surface area contributed by atoms with E-state index in [1.54, 1.807) is 0 Å². The smallest absolute Gasteiger partial charge is 0.160 e. The fourth-order valence-electron chi connectivity index (χ4n) is 10.0. The Labute approximate surface area is 355 Å². The molecule has 0 atom stereocenters. The standard InChI is InChI=1S/C59H38N2/c1-4-17-39(18-5-1)58-60-56(38-57(61-58)43-32-33-50-48-27-11-10-25-46(48)47-26-12-13-28-49(47)53(50)36-43)42-20-16-19-40(35-42)41-31-34-52-51-29-14-15-30-54(51)59(55(52)37-41,44-21-6-2-7-22-44)45-23-8-3-9-24-45/h1-38H. The summed E-state index contributed by atoms with van der Waals surface area (Å²) in [6.45, 7) is 0. The molecule has 2 nitrogen and oxygen atoms in total. The van der Waals surface area contributed by atoms with Crippen molar-refractivity contribution in [3.05, 3.63) is 253 Å². The first-order valence-electron chi connectivity index (χ1n) is 21.0. The van der Waals surface area contributed by atoms with Gasteiger partial charge in [0.25, 0.3) is 0 Å². The summed E-state index contributed by atoms with van der Waals surface area (Å²) >= 11 is 0. The van der Waals surface area contributed by atoms with Crippen molar-refractivity contribution >= 4 is 32.3 Å². The van der Waals surface area contributed by atoms with E-state index in [1.165, 1.54) is 65.7 Å². The van der Waals surface area contributed by atoms with Gasteiger partial charge in [0.1, 0.15) is 0 Å². The molecule has 1 aromatic heterocycles. The zero-order valence-electron chi connectivity index (χ0n) is 33.3. The third-order valence-electron chi connectivity index (χ3n) is 12.7. The number of hydrogen-bond donors (Lipinski definition) is 0. The van der Waals surface area contributed by atoms with Gasteiger partial charge < -0.3 is 0 Å². The minimum absolute atomic E-state index is 0.467. The van der Waals surface area contributed by atoms with Crippen LogP contribution in [-0.4, -0.2) is 9.97 Å². The first-order chi connectivity index (χ1) is 30.2. The Morgan fingerprint density at radius 2 is 0.721 bits per heavy atom. The molecule has 0 fully saturated rings. The predicted octanol–water partition coefficient (Wildman–Crippen LogP) is 15.0. The molecule has 1 heterocycles. The zero-order valence-corrected chi connectivity index (χ0v) is 33.3. The molecule has 0 radical (unpaired) electrons. The Morgan fingerprint density at radius 1 is 0.262 bits per heavy atom. The Balaban J connectivity index is 1.03. The van der Waals surface area contributed by atoms with E-state index < -0.39 is 5.41 Å². The second-order valence-corrected chi connectivity index (χ2v) is 16.0. The average Bonchev–Trinajstić information content (AvgIpc) is 3.65. The second kappa shape index (κ2) is 14.1. The first-order valence-corrected chi connectivity index (χ1v) is 21.0. The average molecular weight is 775 g/mol. The van der Waals surface area contributed by atoms with Crippen LogP contribution >= 0.6 is 0 Å². The Kier molecular flexibility index (Phi) is 8.11. The molecule has 12 rings (SSSR count). The van der Waals surface area contributed by atoms with Crippen molar-refractivity contribution in [1.29, 1.82) is 0 Å². The third-order valence-corrected chi connectivity index (χ3v) is 12.7. The maximum Gasteiger partial charge on any atom is 0.160 e. The molecular weight excluding hydrogens is 737 g/mol. The maximum absolute atomic E-state index is 5.26. The van der Waals surface area contributed by atoms with Gasteiger partial charge in [0.05, 0.1) is 16.8 Å². The minimum atomic E-state index is -0.467. The van der Waals surface area contributed by atoms with Crippen molar-refractivity contribution in [3.8, 4) is 56.2 Å². The highest BCUT2D eigenvalue weighted by atomic mass is 14.9. The number of aromatic nitrogens is 2. The molecule has 10 aromatic carbocycles. The second-order valence-electron chi connectivity index (χ2n) is 16.0. The van der Waals surface area contributed by atoms with E-state index >= 15 is 0 Å². The summed E-state index contributed by atoms with van der Waals surface area (Å²) < 4.78 is 0. The first kappa shape index (κ1) is 35.0. The van der Waals surface area contributed by atoms with Crippen molar-refractivity contribution in [1.82, 2.24) is 9.97 Å². The molecule has 0 aliphatic heterocycles. The number of nitrogens with zero attached hydrogens (tertiary/aromatic N) is 2. The molecular formula is C59H38N2. The summed E-state index contributed by atoms with van der Waals surface area (Å²) in [5, 5.41) is 7.48. The topological polar surface area (TPSA) is 25.8 Å². The van der Waals surface area contributed by atoms with Crippen LogP contribution in [0.2, 0.25) is 0 Å². The van der Waals surface area contributed by atoms with E-state index in [-0.39, 0.29) is 0 Å². The van der Waals surface area contributed by atoms with E-state index in [0.717, 1.165) is 39.2 Å². The molecule has 0 amide bonds. The SMILES string of the molecule is c1ccc(-c2nc(-c3cccc(-c4ccc5c(c4)C(c4ccccc4)(c4ccccc4)c4ccccc4-5)c3)cc(-c3ccc4c5ccccc5c5ccccc5c4c3)n2)cc1. The largest absolute Gasteiger partial charge is 0.228 e. The number of benzene rings is 10. The molecule has 61 heavy (non-hydrogen) atoms. The van der Waals surface area contributed by atoms with Crippen molar-refractivity contribution in [2.75, 3.05) is 0 Å². The van der Waals surface area contributed by atoms with Crippen LogP contribution in [0.5, 0.6) is 0 Å². The van der Waals surface area contributed by atoms with E-state index in [9.17, 15) is 0 Å². The molecule has 0 spiro atoms. The van der Waals surface area contributed by atoms with Crippen molar-refractivity contribution in [2.45, 2.75) is 5.41 Å². The lowest BCUT2D eigenvalue weighted by molar-refractivity contribution is 0.769. The summed E-state index contributed by atoms with van der Waals surface area (Å²) in [6.07, 6.45) is 0. The van der Waals surface area contributed by atoms with Crippen LogP contribution < -0.4 is 0 Å². The van der Waals surface area contributed by atoms with Gasteiger partial charge in [-0.15, -0.1) is 0 Å². The molecule has 1 aliphatic rings. The summed E-state index contributed by atoms with van der Waals surface area (Å²) in [6, 6.07) is 83.5. The van der Waals surface area contributed by atoms with Gasteiger partial charge in [0.15, 0.2) is 5.82 Å². The van der Waals surface area contributed by atoms with E-state index in [0.29, 0.717) is 5.82 Å². The van der Waals surface area contributed by atoms with Gasteiger partial charge in [-0.05, 0) is 101 Å². The predicted molar refractivity (Wildman–Crippen MR) is 254 cm³/mol. The lowest BCUT2D eigenvalue weighted by atomic mass is 9.67. The summed E-state index contributed by atoms with van der Waals surface area (Å²) in [5.41, 5.74) is 14.4. The molecule has 0 N–H and O–H groups in total. The Bertz CT molecular complexity index is 3390. The molecule has 1 aliphatic carbocycles. The normalized spacial score (nSPS) is 12.7. The Morgan fingerprint density at radius 3 is 1.38 bits per heavy atom. The van der Waals surface area contributed by atoms with Crippen LogP contribution in [0, 0.1) is 0 Å². The molecule has 0 saturated heterocycles. The van der Waals surface area contributed by atoms with Gasteiger partial charge in [-0.1, -0.05) is 206 Å². The molecule has 0 unspecified atom stereocenters. The van der Waals surface area contributed by atoms with Crippen molar-refractivity contribution in [3.63, 3.8) is 0 Å². The zero-order chi connectivity index (χ0) is 40.3. The lowest BCUT2D eigenvalue weighted by Crippen LogP contribution is -2.28. The molecule has 284 valence electrons. The Hall–Kier alpha value is -7.94. The van der Waals surface area contributed by atoms with Crippen LogP contribution in [0.25, 0.3) is 88.5 Å². The summed E-state index contributed by atoms with van der Waals surface area (Å²) in [4.78, 5) is 10.5. The van der Waals surface area contributed by atoms with Gasteiger partial charge in [0, 0.05) is 16.7 Å². The van der Waals surface area contributed by atoms with Gasteiger partial charge in [-0.2, -0.15) is 0 Å². The maximum atomic E-state index is 5.26. The van der Waals surface area contributed by atoms with Crippen LogP contribution in [0.4, 0.5) is 0 Å². The van der Waals surface area contributed by atoms with Crippen molar-refractivity contribution in [2.24, 2.45) is 0 Å². The molecule has 0 saturated carbocycles. The molecule has 11 aromatic rings. The monoisotopic (exact) mass is 774 g/mol. The summed E-state index contributed by atoms with van der Waals surface area (Å²) in [5.74, 6) is 0.702. The number of fused-ring (bicyclic) bond motifs is 9. The minimum Gasteiger partial charge on any atom is -0.228 e. The van der Waals surface area contributed by atoms with Crippen LogP contribution in [-0.2, 0) is 5.41 Å². The van der Waals surface area contributed by atoms with Crippen LogP contribution in [0.1, 0.15) is 22.3 Å². The summed E-state index contributed by atoms with van der Waals surface area (Å²) in [7, 11) is 0. The fourth-order valence-corrected chi connectivity index (χ4v) is 10.0. The van der Waals surface area contributed by atoms with Gasteiger partial charge in [-0.3, -0.25) is 0 Å². The lowest BCUT2D eigenvalue weighted by Gasteiger charge is -2.34. The highest BCUT2D eigenvalue weighted by Crippen LogP contribution is 2.56. The van der Waals surface area contributed by atoms with Gasteiger partial charge in [0.2, 0.25) is 0 Å². The van der Waals surface area contributed by atoms with Gasteiger partial charge in [-0.25, -0.2) is 9.97 Å². The number of rotatable bonds is 6. The highest BCUT2D eigenvalue weighted by molar-refractivity contribution is 6.25. The molecule has 0 bridgehead atoms. The highest BCUT2D eigenvalue weighted by Gasteiger charge is 2.46.